The summed E-state index contributed by atoms with van der Waals surface area (Å²) in [6.07, 6.45) is 5.08. The van der Waals surface area contributed by atoms with Crippen LogP contribution in [0.25, 0.3) is 0 Å². The van der Waals surface area contributed by atoms with Gasteiger partial charge in [-0.3, -0.25) is 4.98 Å². The largest absolute Gasteiger partial charge is 0.480 e. The molecule has 0 spiro atoms. The number of hydrogen-bond acceptors (Lipinski definition) is 5. The highest BCUT2D eigenvalue weighted by Gasteiger charge is 2.37. The topological polar surface area (TPSA) is 75.6 Å². The highest BCUT2D eigenvalue weighted by molar-refractivity contribution is 5.78. The second-order valence-electron chi connectivity index (χ2n) is 3.66. The predicted molar refractivity (Wildman–Crippen MR) is 56.2 cm³/mol. The number of aliphatic carboxylic acids is 1. The van der Waals surface area contributed by atoms with Gasteiger partial charge < -0.3 is 14.7 Å². The molecule has 16 heavy (non-hydrogen) atoms. The summed E-state index contributed by atoms with van der Waals surface area (Å²) in [7, 11) is 1.59. The van der Waals surface area contributed by atoms with Crippen LogP contribution < -0.4 is 4.90 Å². The summed E-state index contributed by atoms with van der Waals surface area (Å²) >= 11 is 0. The summed E-state index contributed by atoms with van der Waals surface area (Å²) in [5.74, 6) is -0.278. The Kier molecular flexibility index (Phi) is 3.00. The van der Waals surface area contributed by atoms with Crippen molar-refractivity contribution in [1.29, 1.82) is 0 Å². The molecule has 1 aromatic rings. The molecule has 0 bridgehead atoms. The molecule has 0 radical (unpaired) electrons. The van der Waals surface area contributed by atoms with E-state index in [4.69, 9.17) is 9.84 Å². The van der Waals surface area contributed by atoms with E-state index in [0.29, 0.717) is 18.8 Å². The Morgan fingerprint density at radius 2 is 2.44 bits per heavy atom. The minimum Gasteiger partial charge on any atom is -0.480 e. The second kappa shape index (κ2) is 4.44. The number of rotatable bonds is 3. The Balaban J connectivity index is 2.22. The van der Waals surface area contributed by atoms with Gasteiger partial charge >= 0.3 is 5.97 Å². The summed E-state index contributed by atoms with van der Waals surface area (Å²) in [5, 5.41) is 9.11. The summed E-state index contributed by atoms with van der Waals surface area (Å²) in [6.45, 7) is 0.534. The lowest BCUT2D eigenvalue weighted by atomic mass is 10.2. The Morgan fingerprint density at radius 1 is 1.62 bits per heavy atom. The van der Waals surface area contributed by atoms with Gasteiger partial charge in [-0.25, -0.2) is 9.78 Å². The number of carboxylic acids is 1. The molecular formula is C10H13N3O3. The molecule has 1 aliphatic heterocycles. The van der Waals surface area contributed by atoms with E-state index in [1.165, 1.54) is 0 Å². The van der Waals surface area contributed by atoms with Crippen molar-refractivity contribution in [2.45, 2.75) is 18.6 Å². The van der Waals surface area contributed by atoms with Gasteiger partial charge in [-0.1, -0.05) is 0 Å². The van der Waals surface area contributed by atoms with Gasteiger partial charge in [0.2, 0.25) is 0 Å². The van der Waals surface area contributed by atoms with Crippen LogP contribution in [0.3, 0.4) is 0 Å². The summed E-state index contributed by atoms with van der Waals surface area (Å²) in [6, 6.07) is -0.582. The third-order valence-electron chi connectivity index (χ3n) is 2.72. The lowest BCUT2D eigenvalue weighted by molar-refractivity contribution is -0.138. The molecular weight excluding hydrogens is 210 g/mol. The number of carboxylic acid groups (broad SMARTS) is 1. The van der Waals surface area contributed by atoms with Crippen LogP contribution in [0.1, 0.15) is 6.42 Å². The van der Waals surface area contributed by atoms with Gasteiger partial charge in [-0.05, 0) is 0 Å². The molecule has 0 aromatic carbocycles. The number of methoxy groups -OCH3 is 1. The summed E-state index contributed by atoms with van der Waals surface area (Å²) < 4.78 is 5.19. The fraction of sp³-hybridized carbons (Fsp3) is 0.500. The van der Waals surface area contributed by atoms with Gasteiger partial charge in [0, 0.05) is 32.5 Å². The number of hydrogen-bond donors (Lipinski definition) is 1. The molecule has 6 heteroatoms. The number of nitrogens with zero attached hydrogens (tertiary/aromatic N) is 3. The lowest BCUT2D eigenvalue weighted by Gasteiger charge is -2.21. The van der Waals surface area contributed by atoms with E-state index in [-0.39, 0.29) is 6.10 Å². The van der Waals surface area contributed by atoms with E-state index >= 15 is 0 Å². The van der Waals surface area contributed by atoms with Crippen molar-refractivity contribution in [3.8, 4) is 0 Å². The molecule has 1 aliphatic rings. The van der Waals surface area contributed by atoms with Gasteiger partial charge in [0.1, 0.15) is 11.9 Å². The van der Waals surface area contributed by atoms with Crippen LogP contribution in [-0.4, -0.2) is 46.8 Å². The molecule has 1 saturated heterocycles. The average molecular weight is 223 g/mol. The van der Waals surface area contributed by atoms with Gasteiger partial charge in [0.15, 0.2) is 0 Å². The third-order valence-corrected chi connectivity index (χ3v) is 2.72. The van der Waals surface area contributed by atoms with Gasteiger partial charge in [-0.2, -0.15) is 0 Å². The standard InChI is InChI=1S/C10H13N3O3/c1-16-7-4-8(10(14)15)13(6-7)9-5-11-2-3-12-9/h2-3,5,7-8H,4,6H2,1H3,(H,14,15). The Bertz CT molecular complexity index is 371. The molecule has 2 atom stereocenters. The van der Waals surface area contributed by atoms with E-state index < -0.39 is 12.0 Å². The van der Waals surface area contributed by atoms with Crippen LogP contribution in [0.2, 0.25) is 0 Å². The molecule has 1 fully saturated rings. The lowest BCUT2D eigenvalue weighted by Crippen LogP contribution is -2.36. The Labute approximate surface area is 92.9 Å². The SMILES string of the molecule is COC1CC(C(=O)O)N(c2cnccn2)C1. The minimum absolute atomic E-state index is 0.0666. The van der Waals surface area contributed by atoms with Crippen molar-refractivity contribution in [3.63, 3.8) is 0 Å². The van der Waals surface area contributed by atoms with Gasteiger partial charge in [-0.15, -0.1) is 0 Å². The van der Waals surface area contributed by atoms with Gasteiger partial charge in [0.25, 0.3) is 0 Å². The van der Waals surface area contributed by atoms with Crippen molar-refractivity contribution in [2.24, 2.45) is 0 Å². The monoisotopic (exact) mass is 223 g/mol. The van der Waals surface area contributed by atoms with Crippen LogP contribution in [0.15, 0.2) is 18.6 Å². The van der Waals surface area contributed by atoms with Gasteiger partial charge in [0.05, 0.1) is 12.3 Å². The minimum atomic E-state index is -0.856. The van der Waals surface area contributed by atoms with Crippen molar-refractivity contribution in [3.05, 3.63) is 18.6 Å². The molecule has 6 nitrogen and oxygen atoms in total. The maximum Gasteiger partial charge on any atom is 0.326 e. The number of aromatic nitrogens is 2. The first-order valence-electron chi connectivity index (χ1n) is 5.00. The fourth-order valence-electron chi connectivity index (χ4n) is 1.90. The zero-order chi connectivity index (χ0) is 11.5. The summed E-state index contributed by atoms with van der Waals surface area (Å²) in [5.41, 5.74) is 0. The maximum atomic E-state index is 11.1. The first kappa shape index (κ1) is 10.8. The normalized spacial score (nSPS) is 24.7. The molecule has 0 amide bonds. The van der Waals surface area contributed by atoms with Crippen molar-refractivity contribution >= 4 is 11.8 Å². The molecule has 86 valence electrons. The molecule has 2 unspecified atom stereocenters. The Morgan fingerprint density at radius 3 is 3.00 bits per heavy atom. The average Bonchev–Trinajstić information content (AvgIpc) is 2.74. The van der Waals surface area contributed by atoms with Crippen LogP contribution >= 0.6 is 0 Å². The molecule has 0 saturated carbocycles. The van der Waals surface area contributed by atoms with E-state index in [1.807, 2.05) is 0 Å². The molecule has 2 rings (SSSR count). The molecule has 1 N–H and O–H groups in total. The van der Waals surface area contributed by atoms with Crippen molar-refractivity contribution in [1.82, 2.24) is 9.97 Å². The third kappa shape index (κ3) is 1.96. The van der Waals surface area contributed by atoms with Crippen LogP contribution in [0, 0.1) is 0 Å². The second-order valence-corrected chi connectivity index (χ2v) is 3.66. The Hall–Kier alpha value is -1.69. The quantitative estimate of drug-likeness (QED) is 0.786. The fourth-order valence-corrected chi connectivity index (χ4v) is 1.90. The van der Waals surface area contributed by atoms with E-state index in [2.05, 4.69) is 9.97 Å². The molecule has 2 heterocycles. The van der Waals surface area contributed by atoms with Crippen LogP contribution in [0.4, 0.5) is 5.82 Å². The zero-order valence-electron chi connectivity index (χ0n) is 8.91. The molecule has 0 aliphatic carbocycles. The first-order valence-corrected chi connectivity index (χ1v) is 5.00. The van der Waals surface area contributed by atoms with E-state index in [9.17, 15) is 4.79 Å². The van der Waals surface area contributed by atoms with Crippen molar-refractivity contribution < 1.29 is 14.6 Å². The van der Waals surface area contributed by atoms with E-state index in [1.54, 1.807) is 30.6 Å². The first-order chi connectivity index (χ1) is 7.72. The molecule has 1 aromatic heterocycles. The zero-order valence-corrected chi connectivity index (χ0v) is 8.91. The summed E-state index contributed by atoms with van der Waals surface area (Å²) in [4.78, 5) is 20.9. The number of ether oxygens (including phenoxy) is 1. The highest BCUT2D eigenvalue weighted by atomic mass is 16.5. The highest BCUT2D eigenvalue weighted by Crippen LogP contribution is 2.24. The smallest absolute Gasteiger partial charge is 0.326 e. The van der Waals surface area contributed by atoms with Crippen molar-refractivity contribution in [2.75, 3.05) is 18.6 Å². The number of anilines is 1. The predicted octanol–water partition coefficient (Wildman–Crippen LogP) is 0.155. The van der Waals surface area contributed by atoms with Crippen LogP contribution in [0.5, 0.6) is 0 Å². The van der Waals surface area contributed by atoms with E-state index in [0.717, 1.165) is 0 Å². The number of carbonyl (C=O) groups is 1. The maximum absolute atomic E-state index is 11.1. The van der Waals surface area contributed by atoms with Crippen LogP contribution in [-0.2, 0) is 9.53 Å².